The van der Waals surface area contributed by atoms with E-state index in [1.165, 1.54) is 6.92 Å². The predicted octanol–water partition coefficient (Wildman–Crippen LogP) is -1.49. The van der Waals surface area contributed by atoms with Gasteiger partial charge in [0.2, 0.25) is 0 Å². The molecule has 0 aliphatic carbocycles. The Kier molecular flexibility index (Phi) is 17.1. The van der Waals surface area contributed by atoms with E-state index in [-0.39, 0.29) is 36.2 Å². The third-order valence-electron chi connectivity index (χ3n) is 0.988. The van der Waals surface area contributed by atoms with Crippen LogP contribution in [0.25, 0.3) is 0 Å². The molecule has 0 fully saturated rings. The number of ether oxygens (including phenoxy) is 1. The average Bonchev–Trinajstić information content (AvgIpc) is 2.04. The van der Waals surface area contributed by atoms with Gasteiger partial charge in [0.05, 0.1) is 0 Å². The maximum absolute atomic E-state index is 10.2. The Hall–Kier alpha value is 0.790. The molecule has 0 saturated heterocycles. The molecule has 0 aliphatic rings. The SMILES string of the molecule is CCOC(C)S(=O)(=O)O.NCCN.[NaH]. The van der Waals surface area contributed by atoms with Crippen LogP contribution in [0, 0.1) is 0 Å². The zero-order valence-corrected chi connectivity index (χ0v) is 8.75. The van der Waals surface area contributed by atoms with Gasteiger partial charge in [0.1, 0.15) is 0 Å². The Labute approximate surface area is 107 Å². The number of hydrogen-bond acceptors (Lipinski definition) is 5. The summed E-state index contributed by atoms with van der Waals surface area (Å²) in [5.41, 5.74) is 8.70. The molecule has 0 aromatic heterocycles. The van der Waals surface area contributed by atoms with Crippen molar-refractivity contribution >= 4 is 39.7 Å². The normalized spacial score (nSPS) is 12.1. The van der Waals surface area contributed by atoms with Crippen molar-refractivity contribution in [2.24, 2.45) is 11.5 Å². The first-order valence-electron chi connectivity index (χ1n) is 3.88. The van der Waals surface area contributed by atoms with Gasteiger partial charge in [0.15, 0.2) is 5.44 Å². The van der Waals surface area contributed by atoms with Gasteiger partial charge < -0.3 is 16.2 Å². The van der Waals surface area contributed by atoms with Crippen molar-refractivity contribution in [3.63, 3.8) is 0 Å². The number of rotatable bonds is 4. The standard InChI is InChI=1S/C4H10O4S.C2H8N2.Na.H/c1-3-8-4(2)9(5,6)7;3-1-2-4;;/h4H,3H2,1-2H3,(H,5,6,7);1-4H2;;. The molecule has 8 heteroatoms. The zero-order valence-electron chi connectivity index (χ0n) is 7.93. The second-order valence-electron chi connectivity index (χ2n) is 2.12. The minimum absolute atomic E-state index is 0. The molecule has 1 atom stereocenters. The minimum atomic E-state index is -3.99. The third kappa shape index (κ3) is 15.3. The van der Waals surface area contributed by atoms with E-state index >= 15 is 0 Å². The molecule has 5 N–H and O–H groups in total. The van der Waals surface area contributed by atoms with E-state index in [1.54, 1.807) is 6.92 Å². The second-order valence-corrected chi connectivity index (χ2v) is 3.81. The molecule has 0 amide bonds. The molecule has 1 unspecified atom stereocenters. The van der Waals surface area contributed by atoms with Crippen molar-refractivity contribution in [2.75, 3.05) is 19.7 Å². The van der Waals surface area contributed by atoms with E-state index < -0.39 is 15.6 Å². The van der Waals surface area contributed by atoms with E-state index in [4.69, 9.17) is 16.0 Å². The second kappa shape index (κ2) is 11.9. The molecule has 84 valence electrons. The van der Waals surface area contributed by atoms with Gasteiger partial charge in [-0.2, -0.15) is 8.42 Å². The first kappa shape index (κ1) is 20.2. The van der Waals surface area contributed by atoms with E-state index in [0.29, 0.717) is 13.1 Å². The van der Waals surface area contributed by atoms with Crippen molar-refractivity contribution in [3.05, 3.63) is 0 Å². The Morgan fingerprint density at radius 3 is 1.79 bits per heavy atom. The summed E-state index contributed by atoms with van der Waals surface area (Å²) in [6.45, 7) is 4.40. The van der Waals surface area contributed by atoms with Crippen LogP contribution in [0.5, 0.6) is 0 Å². The molecule has 0 aliphatic heterocycles. The van der Waals surface area contributed by atoms with Crippen LogP contribution in [-0.2, 0) is 14.9 Å². The third-order valence-corrected chi connectivity index (χ3v) is 1.96. The first-order valence-corrected chi connectivity index (χ1v) is 5.38. The molecule has 0 aromatic carbocycles. The van der Waals surface area contributed by atoms with Crippen LogP contribution in [0.2, 0.25) is 0 Å². The van der Waals surface area contributed by atoms with Crippen molar-refractivity contribution in [3.8, 4) is 0 Å². The van der Waals surface area contributed by atoms with Crippen molar-refractivity contribution in [1.29, 1.82) is 0 Å². The molecule has 0 bridgehead atoms. The topological polar surface area (TPSA) is 116 Å². The van der Waals surface area contributed by atoms with Crippen LogP contribution in [0.3, 0.4) is 0 Å². The molecule has 6 nitrogen and oxygen atoms in total. The van der Waals surface area contributed by atoms with Gasteiger partial charge in [0, 0.05) is 19.7 Å². The van der Waals surface area contributed by atoms with Crippen LogP contribution < -0.4 is 11.5 Å². The van der Waals surface area contributed by atoms with Crippen molar-refractivity contribution in [1.82, 2.24) is 0 Å². The Morgan fingerprint density at radius 1 is 1.36 bits per heavy atom. The van der Waals surface area contributed by atoms with Gasteiger partial charge >= 0.3 is 29.6 Å². The Balaban J connectivity index is -0.000000209. The summed E-state index contributed by atoms with van der Waals surface area (Å²) in [6.07, 6.45) is 0. The molecule has 0 rings (SSSR count). The van der Waals surface area contributed by atoms with Crippen molar-refractivity contribution < 1.29 is 17.7 Å². The fraction of sp³-hybridized carbons (Fsp3) is 1.00. The summed E-state index contributed by atoms with van der Waals surface area (Å²) >= 11 is 0. The van der Waals surface area contributed by atoms with E-state index in [2.05, 4.69) is 4.74 Å². The van der Waals surface area contributed by atoms with Gasteiger partial charge in [-0.1, -0.05) is 0 Å². The van der Waals surface area contributed by atoms with Crippen LogP contribution >= 0.6 is 0 Å². The fourth-order valence-electron chi connectivity index (χ4n) is 0.321. The molecule has 0 radical (unpaired) electrons. The zero-order chi connectivity index (χ0) is 10.9. The summed E-state index contributed by atoms with van der Waals surface area (Å²) < 4.78 is 33.1. The quantitative estimate of drug-likeness (QED) is 0.406. The molecule has 14 heavy (non-hydrogen) atoms. The summed E-state index contributed by atoms with van der Waals surface area (Å²) in [7, 11) is -3.99. The van der Waals surface area contributed by atoms with Crippen LogP contribution in [-0.4, -0.2) is 67.7 Å². The molecule has 0 heterocycles. The predicted molar refractivity (Wildman–Crippen MR) is 57.9 cm³/mol. The Morgan fingerprint density at radius 2 is 1.71 bits per heavy atom. The molecule has 0 saturated carbocycles. The van der Waals surface area contributed by atoms with Crippen LogP contribution in [0.4, 0.5) is 0 Å². The molecular weight excluding hydrogens is 219 g/mol. The van der Waals surface area contributed by atoms with Gasteiger partial charge in [-0.15, -0.1) is 0 Å². The molecule has 0 aromatic rings. The molecular formula is C6H19N2NaO4S. The van der Waals surface area contributed by atoms with E-state index in [0.717, 1.165) is 0 Å². The fourth-order valence-corrected chi connectivity index (χ4v) is 0.629. The summed E-state index contributed by atoms with van der Waals surface area (Å²) in [5.74, 6) is 0. The average molecular weight is 238 g/mol. The molecule has 0 spiro atoms. The van der Waals surface area contributed by atoms with Crippen molar-refractivity contribution in [2.45, 2.75) is 19.3 Å². The van der Waals surface area contributed by atoms with E-state index in [9.17, 15) is 8.42 Å². The van der Waals surface area contributed by atoms with Gasteiger partial charge in [-0.05, 0) is 13.8 Å². The van der Waals surface area contributed by atoms with E-state index in [1.807, 2.05) is 0 Å². The number of hydrogen-bond donors (Lipinski definition) is 3. The van der Waals surface area contributed by atoms with Crippen LogP contribution in [0.15, 0.2) is 0 Å². The van der Waals surface area contributed by atoms with Crippen LogP contribution in [0.1, 0.15) is 13.8 Å². The van der Waals surface area contributed by atoms with Gasteiger partial charge in [0.25, 0.3) is 10.1 Å². The Bertz CT molecular complexity index is 196. The summed E-state index contributed by atoms with van der Waals surface area (Å²) in [5, 5.41) is 0. The van der Waals surface area contributed by atoms with Gasteiger partial charge in [-0.3, -0.25) is 4.55 Å². The summed E-state index contributed by atoms with van der Waals surface area (Å²) in [4.78, 5) is 0. The maximum atomic E-state index is 10.2. The van der Waals surface area contributed by atoms with Gasteiger partial charge in [-0.25, -0.2) is 0 Å². The number of nitrogens with two attached hydrogens (primary N) is 2. The monoisotopic (exact) mass is 238 g/mol. The first-order chi connectivity index (χ1) is 5.90. The summed E-state index contributed by atoms with van der Waals surface area (Å²) in [6, 6.07) is 0.